The van der Waals surface area contributed by atoms with Crippen LogP contribution in [0, 0.1) is 0 Å². The van der Waals surface area contributed by atoms with Crippen LogP contribution in [-0.2, 0) is 42.2 Å². The molecule has 0 spiro atoms. The van der Waals surface area contributed by atoms with Crippen molar-refractivity contribution in [1.82, 2.24) is 0 Å². The molecule has 0 aromatic heterocycles. The zero-order valence-electron chi connectivity index (χ0n) is 44.8. The van der Waals surface area contributed by atoms with E-state index in [9.17, 15) is 28.9 Å². The third-order valence-electron chi connectivity index (χ3n) is 10.8. The molecule has 12 heteroatoms. The second-order valence-electron chi connectivity index (χ2n) is 17.6. The van der Waals surface area contributed by atoms with Crippen LogP contribution in [-0.4, -0.2) is 66.5 Å². The van der Waals surface area contributed by atoms with Crippen LogP contribution in [0.25, 0.3) is 0 Å². The van der Waals surface area contributed by atoms with Gasteiger partial charge in [0.1, 0.15) is 12.7 Å². The number of ether oxygens (including phenoxy) is 3. The number of allylic oxidation sites excluding steroid dienone is 20. The molecule has 408 valence electrons. The van der Waals surface area contributed by atoms with Crippen molar-refractivity contribution in [1.29, 1.82) is 0 Å². The van der Waals surface area contributed by atoms with Crippen molar-refractivity contribution in [2.45, 2.75) is 213 Å². The van der Waals surface area contributed by atoms with Crippen LogP contribution in [0.1, 0.15) is 201 Å². The summed E-state index contributed by atoms with van der Waals surface area (Å²) in [7, 11) is -4.77. The van der Waals surface area contributed by atoms with Crippen LogP contribution in [0.15, 0.2) is 122 Å². The first kappa shape index (κ1) is 67.9. The van der Waals surface area contributed by atoms with Crippen molar-refractivity contribution in [3.63, 3.8) is 0 Å². The van der Waals surface area contributed by atoms with Crippen molar-refractivity contribution in [2.75, 3.05) is 26.4 Å². The molecule has 3 atom stereocenters. The summed E-state index contributed by atoms with van der Waals surface area (Å²) in [6, 6.07) is 0. The van der Waals surface area contributed by atoms with Crippen molar-refractivity contribution in [3.8, 4) is 0 Å². The molecule has 0 fully saturated rings. The van der Waals surface area contributed by atoms with E-state index >= 15 is 0 Å². The SMILES string of the molecule is CC/C=C\C/C=C\C/C=C\C/C=C\C/C=C\CCCCCC(=O)OC(COC(=O)CCCCCCC/C=C\CCCC)COP(=O)(O)OCC(CO)OC(=O)CCCC/C=C\C/C=C\C/C=C\C/C=C\CC. The third-order valence-corrected chi connectivity index (χ3v) is 11.8. The first-order valence-corrected chi connectivity index (χ1v) is 28.9. The van der Waals surface area contributed by atoms with Crippen LogP contribution >= 0.6 is 7.82 Å². The standard InChI is InChI=1S/C60H97O11P/c1-4-7-10-13-16-19-22-24-26-27-28-29-31-33-36-39-42-45-48-51-60(64)71-57(53-67-58(62)49-46-43-40-37-34-21-18-15-12-9-6-3)55-69-72(65,66)68-54-56(52-61)70-59(63)50-47-44-41-38-35-32-30-25-23-20-17-14-11-8-5-2/h7-8,10-11,15-20,24-26,28-30,33,35-36,38,56-57,61H,4-6,9,12-14,21-23,27,31-32,34,37,39-55H2,1-3H3,(H,65,66)/b10-7-,11-8-,18-15-,19-16-,20-17-,26-24-,29-28-,30-25-,36-33-,38-35-. The minimum absolute atomic E-state index is 0.116. The number of esters is 3. The van der Waals surface area contributed by atoms with Gasteiger partial charge in [0.15, 0.2) is 6.10 Å². The van der Waals surface area contributed by atoms with E-state index in [-0.39, 0.29) is 25.9 Å². The van der Waals surface area contributed by atoms with Gasteiger partial charge in [-0.3, -0.25) is 23.4 Å². The lowest BCUT2D eigenvalue weighted by Crippen LogP contribution is -2.30. The fourth-order valence-electron chi connectivity index (χ4n) is 6.71. The van der Waals surface area contributed by atoms with Gasteiger partial charge in [0.05, 0.1) is 19.8 Å². The second kappa shape index (κ2) is 53.2. The Balaban J connectivity index is 4.83. The Hall–Kier alpha value is -4.12. The number of carbonyl (C=O) groups excluding carboxylic acids is 3. The van der Waals surface area contributed by atoms with Gasteiger partial charge in [0.2, 0.25) is 0 Å². The van der Waals surface area contributed by atoms with Crippen molar-refractivity contribution in [2.24, 2.45) is 0 Å². The van der Waals surface area contributed by atoms with Crippen LogP contribution in [0.4, 0.5) is 0 Å². The molecule has 0 saturated heterocycles. The molecule has 0 amide bonds. The van der Waals surface area contributed by atoms with Crippen LogP contribution < -0.4 is 0 Å². The number of hydrogen-bond acceptors (Lipinski definition) is 10. The molecule has 0 aliphatic carbocycles. The summed E-state index contributed by atoms with van der Waals surface area (Å²) in [5.41, 5.74) is 0. The molecule has 0 radical (unpaired) electrons. The normalized spacial score (nSPS) is 14.3. The highest BCUT2D eigenvalue weighted by molar-refractivity contribution is 7.47. The molecule has 0 aliphatic rings. The Kier molecular flexibility index (Phi) is 50.1. The van der Waals surface area contributed by atoms with E-state index < -0.39 is 57.8 Å². The smallest absolute Gasteiger partial charge is 0.462 e. The van der Waals surface area contributed by atoms with Gasteiger partial charge < -0.3 is 24.2 Å². The van der Waals surface area contributed by atoms with Gasteiger partial charge in [-0.25, -0.2) is 4.57 Å². The van der Waals surface area contributed by atoms with Crippen LogP contribution in [0.5, 0.6) is 0 Å². The van der Waals surface area contributed by atoms with Gasteiger partial charge in [-0.05, 0) is 122 Å². The number of hydrogen-bond donors (Lipinski definition) is 2. The molecule has 72 heavy (non-hydrogen) atoms. The van der Waals surface area contributed by atoms with Crippen LogP contribution in [0.3, 0.4) is 0 Å². The van der Waals surface area contributed by atoms with E-state index in [4.69, 9.17) is 23.3 Å². The molecule has 0 aliphatic heterocycles. The van der Waals surface area contributed by atoms with Gasteiger partial charge in [-0.1, -0.05) is 181 Å². The van der Waals surface area contributed by atoms with E-state index in [0.717, 1.165) is 128 Å². The average Bonchev–Trinajstić information content (AvgIpc) is 3.37. The monoisotopic (exact) mass is 1020 g/mol. The number of aliphatic hydroxyl groups is 1. The van der Waals surface area contributed by atoms with E-state index in [2.05, 4.69) is 142 Å². The molecule has 0 aromatic carbocycles. The quantitative estimate of drug-likeness (QED) is 0.0197. The fourth-order valence-corrected chi connectivity index (χ4v) is 7.49. The summed E-state index contributed by atoms with van der Waals surface area (Å²) in [5.74, 6) is -1.57. The van der Waals surface area contributed by atoms with Gasteiger partial charge in [-0.15, -0.1) is 0 Å². The molecule has 0 heterocycles. The van der Waals surface area contributed by atoms with E-state index in [1.165, 1.54) is 12.8 Å². The summed E-state index contributed by atoms with van der Waals surface area (Å²) >= 11 is 0. The first-order valence-electron chi connectivity index (χ1n) is 27.4. The second-order valence-corrected chi connectivity index (χ2v) is 19.1. The molecule has 0 rings (SSSR count). The minimum atomic E-state index is -4.77. The molecule has 2 N–H and O–H groups in total. The van der Waals surface area contributed by atoms with Gasteiger partial charge in [0.25, 0.3) is 0 Å². The molecule has 0 saturated carbocycles. The maximum Gasteiger partial charge on any atom is 0.472 e. The largest absolute Gasteiger partial charge is 0.472 e. The predicted molar refractivity (Wildman–Crippen MR) is 297 cm³/mol. The lowest BCUT2D eigenvalue weighted by molar-refractivity contribution is -0.161. The summed E-state index contributed by atoms with van der Waals surface area (Å²) in [5, 5.41) is 9.79. The summed E-state index contributed by atoms with van der Waals surface area (Å²) < 4.78 is 39.3. The minimum Gasteiger partial charge on any atom is -0.462 e. The lowest BCUT2D eigenvalue weighted by Gasteiger charge is -2.21. The Morgan fingerprint density at radius 3 is 1.17 bits per heavy atom. The highest BCUT2D eigenvalue weighted by Gasteiger charge is 2.28. The number of rotatable bonds is 49. The summed E-state index contributed by atoms with van der Waals surface area (Å²) in [4.78, 5) is 48.4. The zero-order valence-corrected chi connectivity index (χ0v) is 45.7. The molecule has 0 aromatic rings. The Morgan fingerprint density at radius 1 is 0.403 bits per heavy atom. The van der Waals surface area contributed by atoms with E-state index in [1.807, 2.05) is 0 Å². The Morgan fingerprint density at radius 2 is 0.722 bits per heavy atom. The summed E-state index contributed by atoms with van der Waals surface area (Å²) in [6.45, 7) is 4.25. The highest BCUT2D eigenvalue weighted by atomic mass is 31.2. The van der Waals surface area contributed by atoms with Gasteiger partial charge >= 0.3 is 25.7 Å². The molecular formula is C60H97O11P. The Bertz CT molecular complexity index is 1670. The number of phosphoric ester groups is 1. The highest BCUT2D eigenvalue weighted by Crippen LogP contribution is 2.43. The van der Waals surface area contributed by atoms with Crippen LogP contribution in [0.2, 0.25) is 0 Å². The summed E-state index contributed by atoms with van der Waals surface area (Å²) in [6.07, 6.45) is 64.5. The van der Waals surface area contributed by atoms with E-state index in [0.29, 0.717) is 19.3 Å². The number of aliphatic hydroxyl groups excluding tert-OH is 1. The topological polar surface area (TPSA) is 155 Å². The molecule has 11 nitrogen and oxygen atoms in total. The van der Waals surface area contributed by atoms with E-state index in [1.54, 1.807) is 0 Å². The Labute approximate surface area is 437 Å². The number of unbranched alkanes of at least 4 members (excludes halogenated alkanes) is 12. The molecular weight excluding hydrogens is 928 g/mol. The predicted octanol–water partition coefficient (Wildman–Crippen LogP) is 16.0. The number of carbonyl (C=O) groups is 3. The van der Waals surface area contributed by atoms with Crippen molar-refractivity contribution < 1.29 is 52.2 Å². The average molecular weight is 1030 g/mol. The fraction of sp³-hybridized carbons (Fsp3) is 0.617. The third kappa shape index (κ3) is 50.8. The van der Waals surface area contributed by atoms with Crippen molar-refractivity contribution in [3.05, 3.63) is 122 Å². The first-order chi connectivity index (χ1) is 35.2. The van der Waals surface area contributed by atoms with Crippen molar-refractivity contribution >= 4 is 25.7 Å². The maximum absolute atomic E-state index is 12.9. The maximum atomic E-state index is 12.9. The number of phosphoric acid groups is 1. The van der Waals surface area contributed by atoms with Gasteiger partial charge in [-0.2, -0.15) is 0 Å². The molecule has 3 unspecified atom stereocenters. The molecule has 0 bridgehead atoms. The van der Waals surface area contributed by atoms with Gasteiger partial charge in [0, 0.05) is 19.3 Å². The lowest BCUT2D eigenvalue weighted by atomic mass is 10.1. The zero-order chi connectivity index (χ0) is 52.7.